The molecule has 5 nitrogen and oxygen atoms in total. The van der Waals surface area contributed by atoms with Gasteiger partial charge in [-0.05, 0) is 52.0 Å². The van der Waals surface area contributed by atoms with Gasteiger partial charge in [0, 0.05) is 18.8 Å². The topological polar surface area (TPSA) is 62.4 Å². The highest BCUT2D eigenvalue weighted by Gasteiger charge is 2.28. The van der Waals surface area contributed by atoms with Crippen LogP contribution in [-0.2, 0) is 4.74 Å². The van der Waals surface area contributed by atoms with Gasteiger partial charge in [0.1, 0.15) is 5.69 Å². The standard InChI is InChI=1S/C17H26N2O3/c1-10(2)22-17(21)14-12(4)15(18-13(14)5)16(20)19-8-6-11(3)7-9-19/h10-11,18H,6-9H2,1-5H3. The summed E-state index contributed by atoms with van der Waals surface area (Å²) >= 11 is 0. The zero-order valence-electron chi connectivity index (χ0n) is 14.2. The van der Waals surface area contributed by atoms with E-state index in [1.54, 1.807) is 13.8 Å². The van der Waals surface area contributed by atoms with Crippen LogP contribution in [0, 0.1) is 19.8 Å². The maximum Gasteiger partial charge on any atom is 0.340 e. The second-order valence-corrected chi connectivity index (χ2v) is 6.55. The minimum Gasteiger partial charge on any atom is -0.459 e. The Kier molecular flexibility index (Phi) is 4.94. The van der Waals surface area contributed by atoms with Crippen LogP contribution in [0.2, 0.25) is 0 Å². The number of hydrogen-bond acceptors (Lipinski definition) is 3. The summed E-state index contributed by atoms with van der Waals surface area (Å²) in [7, 11) is 0. The second-order valence-electron chi connectivity index (χ2n) is 6.55. The molecule has 0 unspecified atom stereocenters. The maximum absolute atomic E-state index is 12.7. The van der Waals surface area contributed by atoms with Crippen molar-refractivity contribution in [2.45, 2.75) is 53.6 Å². The molecular formula is C17H26N2O3. The van der Waals surface area contributed by atoms with Crippen molar-refractivity contribution in [3.63, 3.8) is 0 Å². The predicted molar refractivity (Wildman–Crippen MR) is 85.1 cm³/mol. The lowest BCUT2D eigenvalue weighted by atomic mass is 9.99. The molecule has 0 saturated carbocycles. The van der Waals surface area contributed by atoms with Crippen molar-refractivity contribution in [1.82, 2.24) is 9.88 Å². The van der Waals surface area contributed by atoms with Crippen molar-refractivity contribution in [3.8, 4) is 0 Å². The number of H-pyrrole nitrogens is 1. The van der Waals surface area contributed by atoms with Crippen LogP contribution in [0.5, 0.6) is 0 Å². The first-order chi connectivity index (χ1) is 10.3. The summed E-state index contributed by atoms with van der Waals surface area (Å²) in [4.78, 5) is 29.8. The van der Waals surface area contributed by atoms with Crippen LogP contribution < -0.4 is 0 Å². The molecule has 2 rings (SSSR count). The number of piperidine rings is 1. The van der Waals surface area contributed by atoms with Gasteiger partial charge in [-0.1, -0.05) is 6.92 Å². The van der Waals surface area contributed by atoms with Gasteiger partial charge in [-0.2, -0.15) is 0 Å². The number of carbonyl (C=O) groups is 2. The van der Waals surface area contributed by atoms with E-state index in [1.165, 1.54) is 0 Å². The van der Waals surface area contributed by atoms with Gasteiger partial charge >= 0.3 is 5.97 Å². The summed E-state index contributed by atoms with van der Waals surface area (Å²) in [5.74, 6) is 0.288. The Hall–Kier alpha value is -1.78. The molecule has 0 spiro atoms. The van der Waals surface area contributed by atoms with Crippen LogP contribution in [0.15, 0.2) is 0 Å². The number of rotatable bonds is 3. The number of amides is 1. The minimum absolute atomic E-state index is 0.0175. The van der Waals surface area contributed by atoms with Crippen molar-refractivity contribution < 1.29 is 14.3 Å². The van der Waals surface area contributed by atoms with Crippen LogP contribution >= 0.6 is 0 Å². The molecule has 0 bridgehead atoms. The lowest BCUT2D eigenvalue weighted by Gasteiger charge is -2.30. The van der Waals surface area contributed by atoms with E-state index in [0.29, 0.717) is 28.4 Å². The second kappa shape index (κ2) is 6.55. The third-order valence-electron chi connectivity index (χ3n) is 4.27. The van der Waals surface area contributed by atoms with Gasteiger partial charge < -0.3 is 14.6 Å². The van der Waals surface area contributed by atoms with Crippen molar-refractivity contribution in [2.24, 2.45) is 5.92 Å². The molecule has 5 heteroatoms. The van der Waals surface area contributed by atoms with E-state index < -0.39 is 0 Å². The molecule has 0 aromatic carbocycles. The molecule has 22 heavy (non-hydrogen) atoms. The average molecular weight is 306 g/mol. The van der Waals surface area contributed by atoms with Gasteiger partial charge in [-0.3, -0.25) is 4.79 Å². The van der Waals surface area contributed by atoms with Gasteiger partial charge in [-0.15, -0.1) is 0 Å². The first-order valence-corrected chi connectivity index (χ1v) is 8.00. The number of aromatic amines is 1. The van der Waals surface area contributed by atoms with Gasteiger partial charge in [0.2, 0.25) is 0 Å². The summed E-state index contributed by atoms with van der Waals surface area (Å²) in [5.41, 5.74) is 2.38. The van der Waals surface area contributed by atoms with Gasteiger partial charge in [0.15, 0.2) is 0 Å². The number of likely N-dealkylation sites (tertiary alicyclic amines) is 1. The monoisotopic (exact) mass is 306 g/mol. The fourth-order valence-electron chi connectivity index (χ4n) is 2.91. The molecule has 1 N–H and O–H groups in total. The molecule has 1 fully saturated rings. The molecule has 0 radical (unpaired) electrons. The molecule has 0 atom stereocenters. The van der Waals surface area contributed by atoms with E-state index in [0.717, 1.165) is 25.9 Å². The Labute approximate surface area is 132 Å². The number of aromatic nitrogens is 1. The molecule has 1 saturated heterocycles. The Morgan fingerprint density at radius 1 is 1.23 bits per heavy atom. The van der Waals surface area contributed by atoms with Gasteiger partial charge in [0.05, 0.1) is 11.7 Å². The highest BCUT2D eigenvalue weighted by atomic mass is 16.5. The van der Waals surface area contributed by atoms with E-state index in [9.17, 15) is 9.59 Å². The number of hydrogen-bond donors (Lipinski definition) is 1. The molecule has 0 aliphatic carbocycles. The molecule has 122 valence electrons. The van der Waals surface area contributed by atoms with E-state index >= 15 is 0 Å². The number of carbonyl (C=O) groups excluding carboxylic acids is 2. The fourth-order valence-corrected chi connectivity index (χ4v) is 2.91. The molecular weight excluding hydrogens is 280 g/mol. The van der Waals surface area contributed by atoms with E-state index in [2.05, 4.69) is 11.9 Å². The smallest absolute Gasteiger partial charge is 0.340 e. The normalized spacial score (nSPS) is 16.2. The summed E-state index contributed by atoms with van der Waals surface area (Å²) in [6, 6.07) is 0. The maximum atomic E-state index is 12.7. The predicted octanol–water partition coefficient (Wildman–Crippen LogP) is 3.07. The third kappa shape index (κ3) is 3.34. The van der Waals surface area contributed by atoms with E-state index in [1.807, 2.05) is 18.7 Å². The third-order valence-corrected chi connectivity index (χ3v) is 4.27. The number of esters is 1. The lowest BCUT2D eigenvalue weighted by molar-refractivity contribution is 0.0376. The number of nitrogens with one attached hydrogen (secondary N) is 1. The first-order valence-electron chi connectivity index (χ1n) is 8.00. The molecule has 1 aromatic rings. The molecule has 1 aromatic heterocycles. The summed E-state index contributed by atoms with van der Waals surface area (Å²) in [6.07, 6.45) is 1.89. The van der Waals surface area contributed by atoms with Crippen molar-refractivity contribution >= 4 is 11.9 Å². The van der Waals surface area contributed by atoms with Gasteiger partial charge in [-0.25, -0.2) is 4.79 Å². The molecule has 1 aliphatic rings. The van der Waals surface area contributed by atoms with Crippen LogP contribution in [-0.4, -0.2) is 41.0 Å². The number of nitrogens with zero attached hydrogens (tertiary/aromatic N) is 1. The van der Waals surface area contributed by atoms with Crippen LogP contribution in [0.3, 0.4) is 0 Å². The van der Waals surface area contributed by atoms with Crippen LogP contribution in [0.25, 0.3) is 0 Å². The summed E-state index contributed by atoms with van der Waals surface area (Å²) in [6.45, 7) is 11.0. The van der Waals surface area contributed by atoms with E-state index in [-0.39, 0.29) is 18.0 Å². The Morgan fingerprint density at radius 3 is 2.36 bits per heavy atom. The lowest BCUT2D eigenvalue weighted by Crippen LogP contribution is -2.38. The van der Waals surface area contributed by atoms with Crippen molar-refractivity contribution in [1.29, 1.82) is 0 Å². The SMILES string of the molecule is Cc1[nH]c(C(=O)N2CCC(C)CC2)c(C)c1C(=O)OC(C)C. The van der Waals surface area contributed by atoms with Crippen LogP contribution in [0.1, 0.15) is 65.7 Å². The first kappa shape index (κ1) is 16.6. The highest BCUT2D eigenvalue weighted by molar-refractivity contribution is 6.00. The van der Waals surface area contributed by atoms with Crippen molar-refractivity contribution in [2.75, 3.05) is 13.1 Å². The number of ether oxygens (including phenoxy) is 1. The Morgan fingerprint density at radius 2 is 1.82 bits per heavy atom. The zero-order valence-corrected chi connectivity index (χ0v) is 14.2. The Balaban J connectivity index is 2.22. The minimum atomic E-state index is -0.368. The van der Waals surface area contributed by atoms with Crippen LogP contribution in [0.4, 0.5) is 0 Å². The number of aryl methyl sites for hydroxylation is 1. The molecule has 1 amide bonds. The fraction of sp³-hybridized carbons (Fsp3) is 0.647. The Bertz CT molecular complexity index is 567. The average Bonchev–Trinajstić information content (AvgIpc) is 2.73. The largest absolute Gasteiger partial charge is 0.459 e. The van der Waals surface area contributed by atoms with E-state index in [4.69, 9.17) is 4.74 Å². The highest BCUT2D eigenvalue weighted by Crippen LogP contribution is 2.23. The summed E-state index contributed by atoms with van der Waals surface area (Å²) in [5, 5.41) is 0. The van der Waals surface area contributed by atoms with Gasteiger partial charge in [0.25, 0.3) is 5.91 Å². The van der Waals surface area contributed by atoms with Crippen molar-refractivity contribution in [3.05, 3.63) is 22.5 Å². The quantitative estimate of drug-likeness (QED) is 0.873. The zero-order chi connectivity index (χ0) is 16.4. The molecule has 2 heterocycles. The summed E-state index contributed by atoms with van der Waals surface area (Å²) < 4.78 is 5.27. The molecule has 1 aliphatic heterocycles.